The Labute approximate surface area is 154 Å². The molecule has 140 valence electrons. The molecule has 0 saturated carbocycles. The van der Waals surface area contributed by atoms with Crippen LogP contribution < -0.4 is 24.8 Å². The van der Waals surface area contributed by atoms with Gasteiger partial charge in [0.2, 0.25) is 11.7 Å². The lowest BCUT2D eigenvalue weighted by Gasteiger charge is -2.16. The highest BCUT2D eigenvalue weighted by atomic mass is 16.5. The maximum atomic E-state index is 11.9. The minimum absolute atomic E-state index is 0.0145. The first-order chi connectivity index (χ1) is 12.7. The van der Waals surface area contributed by atoms with Crippen LogP contribution in [-0.4, -0.2) is 33.8 Å². The van der Waals surface area contributed by atoms with Crippen molar-refractivity contribution in [2.75, 3.05) is 27.9 Å². The van der Waals surface area contributed by atoms with E-state index < -0.39 is 0 Å². The van der Waals surface area contributed by atoms with Gasteiger partial charge in [-0.25, -0.2) is 0 Å². The molecule has 6 nitrogen and oxygen atoms in total. The molecule has 0 atom stereocenters. The van der Waals surface area contributed by atoms with Crippen molar-refractivity contribution < 1.29 is 19.0 Å². The van der Waals surface area contributed by atoms with Crippen LogP contribution >= 0.6 is 0 Å². The monoisotopic (exact) mass is 358 g/mol. The van der Waals surface area contributed by atoms with E-state index in [-0.39, 0.29) is 5.91 Å². The van der Waals surface area contributed by atoms with Crippen molar-refractivity contribution in [1.82, 2.24) is 10.6 Å². The Morgan fingerprint density at radius 3 is 2.27 bits per heavy atom. The molecule has 0 aliphatic heterocycles. The minimum atomic E-state index is 0.0145. The normalized spacial score (nSPS) is 10.3. The fourth-order valence-corrected chi connectivity index (χ4v) is 2.61. The number of carbonyl (C=O) groups is 1. The molecule has 0 aromatic heterocycles. The SMILES string of the molecule is COc1ccc(CNCCC(=O)NCc2ccccc2)c(OC)c1OC. The number of methoxy groups -OCH3 is 3. The fourth-order valence-electron chi connectivity index (χ4n) is 2.61. The van der Waals surface area contributed by atoms with Gasteiger partial charge in [0.1, 0.15) is 0 Å². The summed E-state index contributed by atoms with van der Waals surface area (Å²) in [5, 5.41) is 6.17. The average molecular weight is 358 g/mol. The summed E-state index contributed by atoms with van der Waals surface area (Å²) in [7, 11) is 4.76. The lowest BCUT2D eigenvalue weighted by molar-refractivity contribution is -0.121. The van der Waals surface area contributed by atoms with Crippen LogP contribution in [0.5, 0.6) is 17.2 Å². The number of nitrogens with one attached hydrogen (secondary N) is 2. The Morgan fingerprint density at radius 1 is 0.885 bits per heavy atom. The summed E-state index contributed by atoms with van der Waals surface area (Å²) in [6.07, 6.45) is 0.405. The van der Waals surface area contributed by atoms with Gasteiger partial charge in [0, 0.05) is 31.6 Å². The van der Waals surface area contributed by atoms with Crippen molar-refractivity contribution >= 4 is 5.91 Å². The zero-order chi connectivity index (χ0) is 18.8. The van der Waals surface area contributed by atoms with E-state index >= 15 is 0 Å². The van der Waals surface area contributed by atoms with Crippen molar-refractivity contribution in [3.63, 3.8) is 0 Å². The fraction of sp³-hybridized carbons (Fsp3) is 0.350. The van der Waals surface area contributed by atoms with Gasteiger partial charge in [-0.15, -0.1) is 0 Å². The van der Waals surface area contributed by atoms with Gasteiger partial charge in [0.05, 0.1) is 21.3 Å². The van der Waals surface area contributed by atoms with Crippen molar-refractivity contribution in [3.05, 3.63) is 53.6 Å². The van der Waals surface area contributed by atoms with Crippen molar-refractivity contribution in [2.24, 2.45) is 0 Å². The molecule has 0 aliphatic rings. The lowest BCUT2D eigenvalue weighted by Crippen LogP contribution is -2.27. The number of hydrogen-bond donors (Lipinski definition) is 2. The molecule has 0 spiro atoms. The molecule has 0 unspecified atom stereocenters. The van der Waals surface area contributed by atoms with E-state index in [1.807, 2.05) is 42.5 Å². The predicted molar refractivity (Wildman–Crippen MR) is 101 cm³/mol. The minimum Gasteiger partial charge on any atom is -0.493 e. The second kappa shape index (κ2) is 10.3. The van der Waals surface area contributed by atoms with Crippen molar-refractivity contribution in [1.29, 1.82) is 0 Å². The van der Waals surface area contributed by atoms with E-state index in [1.165, 1.54) is 0 Å². The summed E-state index contributed by atoms with van der Waals surface area (Å²) in [5.74, 6) is 1.83. The maximum absolute atomic E-state index is 11.9. The summed E-state index contributed by atoms with van der Waals surface area (Å²) in [5.41, 5.74) is 2.03. The van der Waals surface area contributed by atoms with Crippen LogP contribution in [-0.2, 0) is 17.9 Å². The molecule has 6 heteroatoms. The van der Waals surface area contributed by atoms with E-state index in [1.54, 1.807) is 21.3 Å². The maximum Gasteiger partial charge on any atom is 0.221 e. The summed E-state index contributed by atoms with van der Waals surface area (Å²) in [4.78, 5) is 11.9. The van der Waals surface area contributed by atoms with Crippen LogP contribution in [0, 0.1) is 0 Å². The van der Waals surface area contributed by atoms with Crippen LogP contribution in [0.2, 0.25) is 0 Å². The largest absolute Gasteiger partial charge is 0.493 e. The molecule has 0 fully saturated rings. The Hall–Kier alpha value is -2.73. The molecule has 1 amide bonds. The summed E-state index contributed by atoms with van der Waals surface area (Å²) in [6, 6.07) is 13.6. The molecule has 0 aliphatic carbocycles. The van der Waals surface area contributed by atoms with Gasteiger partial charge >= 0.3 is 0 Å². The van der Waals surface area contributed by atoms with Crippen LogP contribution in [0.4, 0.5) is 0 Å². The van der Waals surface area contributed by atoms with Gasteiger partial charge in [0.15, 0.2) is 11.5 Å². The second-order valence-electron chi connectivity index (χ2n) is 5.68. The second-order valence-corrected chi connectivity index (χ2v) is 5.68. The van der Waals surface area contributed by atoms with Crippen molar-refractivity contribution in [3.8, 4) is 17.2 Å². The van der Waals surface area contributed by atoms with Crippen molar-refractivity contribution in [2.45, 2.75) is 19.5 Å². The van der Waals surface area contributed by atoms with E-state index in [4.69, 9.17) is 14.2 Å². The topological polar surface area (TPSA) is 68.8 Å². The smallest absolute Gasteiger partial charge is 0.221 e. The Bertz CT molecular complexity index is 704. The molecule has 0 heterocycles. The predicted octanol–water partition coefficient (Wildman–Crippen LogP) is 2.51. The van der Waals surface area contributed by atoms with Crippen LogP contribution in [0.25, 0.3) is 0 Å². The molecule has 2 N–H and O–H groups in total. The first kappa shape index (κ1) is 19.6. The average Bonchev–Trinajstić information content (AvgIpc) is 2.69. The van der Waals surface area contributed by atoms with Gasteiger partial charge < -0.3 is 24.8 Å². The number of rotatable bonds is 10. The van der Waals surface area contributed by atoms with Gasteiger partial charge in [0.25, 0.3) is 0 Å². The zero-order valence-electron chi connectivity index (χ0n) is 15.5. The summed E-state index contributed by atoms with van der Waals surface area (Å²) < 4.78 is 16.1. The number of amides is 1. The van der Waals surface area contributed by atoms with Gasteiger partial charge in [-0.05, 0) is 11.6 Å². The Balaban J connectivity index is 1.79. The Morgan fingerprint density at radius 2 is 1.62 bits per heavy atom. The molecule has 26 heavy (non-hydrogen) atoms. The molecule has 2 aromatic rings. The molecule has 0 radical (unpaired) electrons. The quantitative estimate of drug-likeness (QED) is 0.639. The highest BCUT2D eigenvalue weighted by Crippen LogP contribution is 2.39. The first-order valence-electron chi connectivity index (χ1n) is 8.48. The van der Waals surface area contributed by atoms with Crippen LogP contribution in [0.3, 0.4) is 0 Å². The van der Waals surface area contributed by atoms with E-state index in [0.29, 0.717) is 43.3 Å². The zero-order valence-corrected chi connectivity index (χ0v) is 15.5. The van der Waals surface area contributed by atoms with E-state index in [0.717, 1.165) is 11.1 Å². The highest BCUT2D eigenvalue weighted by molar-refractivity contribution is 5.76. The highest BCUT2D eigenvalue weighted by Gasteiger charge is 2.15. The van der Waals surface area contributed by atoms with Gasteiger partial charge in [-0.3, -0.25) is 4.79 Å². The number of carbonyl (C=O) groups excluding carboxylic acids is 1. The van der Waals surface area contributed by atoms with Gasteiger partial charge in [-0.1, -0.05) is 36.4 Å². The third kappa shape index (κ3) is 5.39. The van der Waals surface area contributed by atoms with Gasteiger partial charge in [-0.2, -0.15) is 0 Å². The summed E-state index contributed by atoms with van der Waals surface area (Å²) >= 11 is 0. The Kier molecular flexibility index (Phi) is 7.76. The third-order valence-corrected chi connectivity index (χ3v) is 3.96. The van der Waals surface area contributed by atoms with E-state index in [9.17, 15) is 4.79 Å². The molecule has 2 rings (SSSR count). The summed E-state index contributed by atoms with van der Waals surface area (Å²) in [6.45, 7) is 1.68. The molecule has 0 bridgehead atoms. The molecular formula is C20H26N2O4. The van der Waals surface area contributed by atoms with Crippen LogP contribution in [0.1, 0.15) is 17.5 Å². The van der Waals surface area contributed by atoms with Crippen LogP contribution in [0.15, 0.2) is 42.5 Å². The van der Waals surface area contributed by atoms with E-state index in [2.05, 4.69) is 10.6 Å². The number of hydrogen-bond acceptors (Lipinski definition) is 5. The number of ether oxygens (including phenoxy) is 3. The third-order valence-electron chi connectivity index (χ3n) is 3.96. The molecule has 2 aromatic carbocycles. The lowest BCUT2D eigenvalue weighted by atomic mass is 10.1. The number of benzene rings is 2. The standard InChI is InChI=1S/C20H26N2O4/c1-24-17-10-9-16(19(25-2)20(17)26-3)14-21-12-11-18(23)22-13-15-7-5-4-6-8-15/h4-10,21H,11-14H2,1-3H3,(H,22,23). The molecule has 0 saturated heterocycles. The molecular weight excluding hydrogens is 332 g/mol. The first-order valence-corrected chi connectivity index (χ1v) is 8.48.